The third-order valence-electron chi connectivity index (χ3n) is 4.71. The van der Waals surface area contributed by atoms with Gasteiger partial charge in [0.15, 0.2) is 0 Å². The van der Waals surface area contributed by atoms with Crippen LogP contribution in [0, 0.1) is 13.8 Å². The standard InChI is InChI=1S/C23H30O/c1-17(2)22-9-5-7-20(16-22)8-6-10-23(24)14-13-21-12-11-18(3)15-19(21)4/h5,7,9,11-12,15-17H,6,8,10,13-14H2,1-4H3. The van der Waals surface area contributed by atoms with E-state index in [4.69, 9.17) is 0 Å². The number of Topliss-reactive ketones (excluding diaryl/α,β-unsaturated/α-hetero) is 1. The first-order valence-corrected chi connectivity index (χ1v) is 9.12. The fraction of sp³-hybridized carbons (Fsp3) is 0.435. The number of benzene rings is 2. The molecule has 24 heavy (non-hydrogen) atoms. The molecule has 0 aliphatic rings. The van der Waals surface area contributed by atoms with Crippen LogP contribution in [0.4, 0.5) is 0 Å². The van der Waals surface area contributed by atoms with E-state index in [9.17, 15) is 4.79 Å². The van der Waals surface area contributed by atoms with Crippen molar-refractivity contribution in [3.63, 3.8) is 0 Å². The molecule has 2 aromatic rings. The summed E-state index contributed by atoms with van der Waals surface area (Å²) in [5.74, 6) is 0.944. The van der Waals surface area contributed by atoms with Crippen LogP contribution in [0.3, 0.4) is 0 Å². The zero-order chi connectivity index (χ0) is 17.5. The normalized spacial score (nSPS) is 11.0. The van der Waals surface area contributed by atoms with E-state index in [-0.39, 0.29) is 0 Å². The summed E-state index contributed by atoms with van der Waals surface area (Å²) in [5.41, 5.74) is 6.62. The Balaban J connectivity index is 1.76. The van der Waals surface area contributed by atoms with Gasteiger partial charge in [-0.25, -0.2) is 0 Å². The molecule has 0 saturated carbocycles. The van der Waals surface area contributed by atoms with E-state index < -0.39 is 0 Å². The van der Waals surface area contributed by atoms with Gasteiger partial charge in [0.25, 0.3) is 0 Å². The maximum Gasteiger partial charge on any atom is 0.133 e. The average Bonchev–Trinajstić information content (AvgIpc) is 2.54. The third-order valence-corrected chi connectivity index (χ3v) is 4.71. The van der Waals surface area contributed by atoms with Crippen LogP contribution in [0.2, 0.25) is 0 Å². The fourth-order valence-electron chi connectivity index (χ4n) is 3.12. The van der Waals surface area contributed by atoms with Crippen molar-refractivity contribution in [3.05, 3.63) is 70.3 Å². The van der Waals surface area contributed by atoms with E-state index in [0.29, 0.717) is 24.5 Å². The van der Waals surface area contributed by atoms with Crippen LogP contribution in [0.5, 0.6) is 0 Å². The molecule has 0 radical (unpaired) electrons. The van der Waals surface area contributed by atoms with Gasteiger partial charge in [0, 0.05) is 12.8 Å². The molecule has 2 aromatic carbocycles. The van der Waals surface area contributed by atoms with Gasteiger partial charge in [-0.05, 0) is 61.3 Å². The maximum absolute atomic E-state index is 12.2. The second-order valence-electron chi connectivity index (χ2n) is 7.22. The van der Waals surface area contributed by atoms with Crippen molar-refractivity contribution >= 4 is 5.78 Å². The van der Waals surface area contributed by atoms with Gasteiger partial charge >= 0.3 is 0 Å². The predicted octanol–water partition coefficient (Wildman–Crippen LogP) is 5.95. The topological polar surface area (TPSA) is 17.1 Å². The summed E-state index contributed by atoms with van der Waals surface area (Å²) in [7, 11) is 0. The van der Waals surface area contributed by atoms with E-state index in [1.807, 2.05) is 0 Å². The highest BCUT2D eigenvalue weighted by Crippen LogP contribution is 2.17. The number of hydrogen-bond acceptors (Lipinski definition) is 1. The first-order valence-electron chi connectivity index (χ1n) is 9.12. The first-order chi connectivity index (χ1) is 11.5. The highest BCUT2D eigenvalue weighted by atomic mass is 16.1. The smallest absolute Gasteiger partial charge is 0.133 e. The molecule has 0 aliphatic heterocycles. The highest BCUT2D eigenvalue weighted by molar-refractivity contribution is 5.78. The average molecular weight is 322 g/mol. The number of hydrogen-bond donors (Lipinski definition) is 0. The minimum atomic E-state index is 0.384. The molecule has 0 amide bonds. The van der Waals surface area contributed by atoms with Crippen molar-refractivity contribution in [3.8, 4) is 0 Å². The first kappa shape index (κ1) is 18.4. The van der Waals surface area contributed by atoms with Crippen molar-refractivity contribution in [1.82, 2.24) is 0 Å². The SMILES string of the molecule is Cc1ccc(CCC(=O)CCCc2cccc(C(C)C)c2)c(C)c1. The van der Waals surface area contributed by atoms with Gasteiger partial charge in [0.05, 0.1) is 0 Å². The van der Waals surface area contributed by atoms with Crippen LogP contribution in [-0.4, -0.2) is 5.78 Å². The second kappa shape index (κ2) is 8.82. The molecule has 2 rings (SSSR count). The Morgan fingerprint density at radius 2 is 1.75 bits per heavy atom. The monoisotopic (exact) mass is 322 g/mol. The largest absolute Gasteiger partial charge is 0.300 e. The third kappa shape index (κ3) is 5.63. The number of aryl methyl sites for hydroxylation is 4. The van der Waals surface area contributed by atoms with Crippen molar-refractivity contribution in [2.24, 2.45) is 0 Å². The second-order valence-corrected chi connectivity index (χ2v) is 7.22. The zero-order valence-corrected chi connectivity index (χ0v) is 15.6. The van der Waals surface area contributed by atoms with Gasteiger partial charge in [-0.2, -0.15) is 0 Å². The summed E-state index contributed by atoms with van der Waals surface area (Å²) in [5, 5.41) is 0. The van der Waals surface area contributed by atoms with E-state index in [1.54, 1.807) is 0 Å². The molecular weight excluding hydrogens is 292 g/mol. The fourth-order valence-corrected chi connectivity index (χ4v) is 3.12. The van der Waals surface area contributed by atoms with Gasteiger partial charge < -0.3 is 0 Å². The Morgan fingerprint density at radius 3 is 2.46 bits per heavy atom. The van der Waals surface area contributed by atoms with Crippen molar-refractivity contribution < 1.29 is 4.79 Å². The maximum atomic E-state index is 12.2. The minimum Gasteiger partial charge on any atom is -0.300 e. The summed E-state index contributed by atoms with van der Waals surface area (Å²) >= 11 is 0. The van der Waals surface area contributed by atoms with Crippen molar-refractivity contribution in [1.29, 1.82) is 0 Å². The van der Waals surface area contributed by atoms with Gasteiger partial charge in [-0.15, -0.1) is 0 Å². The lowest BCUT2D eigenvalue weighted by Crippen LogP contribution is -2.02. The molecule has 0 saturated heterocycles. The van der Waals surface area contributed by atoms with Gasteiger partial charge in [-0.3, -0.25) is 4.79 Å². The van der Waals surface area contributed by atoms with Gasteiger partial charge in [0.2, 0.25) is 0 Å². The van der Waals surface area contributed by atoms with Crippen LogP contribution < -0.4 is 0 Å². The molecule has 0 aromatic heterocycles. The van der Waals surface area contributed by atoms with Crippen molar-refractivity contribution in [2.45, 2.75) is 65.7 Å². The van der Waals surface area contributed by atoms with E-state index in [1.165, 1.54) is 27.8 Å². The predicted molar refractivity (Wildman–Crippen MR) is 103 cm³/mol. The number of ketones is 1. The Bertz CT molecular complexity index is 682. The quantitative estimate of drug-likeness (QED) is 0.587. The summed E-state index contributed by atoms with van der Waals surface area (Å²) < 4.78 is 0. The molecule has 1 nitrogen and oxygen atoms in total. The molecule has 0 bridgehead atoms. The molecule has 0 fully saturated rings. The summed E-state index contributed by atoms with van der Waals surface area (Å²) in [6, 6.07) is 15.3. The van der Waals surface area contributed by atoms with Gasteiger partial charge in [-0.1, -0.05) is 61.9 Å². The molecular formula is C23H30O. The highest BCUT2D eigenvalue weighted by Gasteiger charge is 2.06. The zero-order valence-electron chi connectivity index (χ0n) is 15.6. The van der Waals surface area contributed by atoms with E-state index in [0.717, 1.165) is 19.3 Å². The lowest BCUT2D eigenvalue weighted by molar-refractivity contribution is -0.119. The van der Waals surface area contributed by atoms with E-state index in [2.05, 4.69) is 70.2 Å². The van der Waals surface area contributed by atoms with Crippen molar-refractivity contribution in [2.75, 3.05) is 0 Å². The van der Waals surface area contributed by atoms with Crippen LogP contribution in [0.1, 0.15) is 66.8 Å². The molecule has 0 spiro atoms. The molecule has 1 heteroatoms. The minimum absolute atomic E-state index is 0.384. The number of carbonyl (C=O) groups is 1. The van der Waals surface area contributed by atoms with Gasteiger partial charge in [0.1, 0.15) is 5.78 Å². The molecule has 128 valence electrons. The van der Waals surface area contributed by atoms with E-state index >= 15 is 0 Å². The Hall–Kier alpha value is -1.89. The lowest BCUT2D eigenvalue weighted by Gasteiger charge is -2.08. The Kier molecular flexibility index (Phi) is 6.78. The molecule has 0 heterocycles. The molecule has 0 atom stereocenters. The van der Waals surface area contributed by atoms with Crippen LogP contribution in [0.25, 0.3) is 0 Å². The summed E-state index contributed by atoms with van der Waals surface area (Å²) in [4.78, 5) is 12.2. The van der Waals surface area contributed by atoms with Crippen LogP contribution >= 0.6 is 0 Å². The van der Waals surface area contributed by atoms with Crippen LogP contribution in [-0.2, 0) is 17.6 Å². The summed E-state index contributed by atoms with van der Waals surface area (Å²) in [6.45, 7) is 8.68. The number of rotatable bonds is 8. The summed E-state index contributed by atoms with van der Waals surface area (Å²) in [6.07, 6.45) is 4.17. The molecule has 0 N–H and O–H groups in total. The molecule has 0 aliphatic carbocycles. The molecule has 0 unspecified atom stereocenters. The Morgan fingerprint density at radius 1 is 0.958 bits per heavy atom. The lowest BCUT2D eigenvalue weighted by atomic mass is 9.97. The Labute approximate surface area is 147 Å². The number of carbonyl (C=O) groups excluding carboxylic acids is 1. The van der Waals surface area contributed by atoms with Crippen LogP contribution in [0.15, 0.2) is 42.5 Å².